The van der Waals surface area contributed by atoms with Crippen LogP contribution in [0.15, 0.2) is 12.3 Å². The zero-order chi connectivity index (χ0) is 18.7. The van der Waals surface area contributed by atoms with Crippen LogP contribution in [0.2, 0.25) is 0 Å². The van der Waals surface area contributed by atoms with E-state index in [4.69, 9.17) is 0 Å². The maximum absolute atomic E-state index is 13.2. The van der Waals surface area contributed by atoms with Crippen LogP contribution in [0, 0.1) is 0 Å². The van der Waals surface area contributed by atoms with Gasteiger partial charge in [-0.3, -0.25) is 9.48 Å². The van der Waals surface area contributed by atoms with E-state index in [0.29, 0.717) is 18.3 Å². The Balaban J connectivity index is 2.14. The monoisotopic (exact) mass is 357 g/mol. The van der Waals surface area contributed by atoms with E-state index in [9.17, 15) is 23.1 Å². The highest BCUT2D eigenvalue weighted by atomic mass is 19.4. The van der Waals surface area contributed by atoms with Gasteiger partial charge in [-0.25, -0.2) is 4.98 Å². The van der Waals surface area contributed by atoms with Crippen LogP contribution < -0.4 is 0 Å². The van der Waals surface area contributed by atoms with Gasteiger partial charge in [0.25, 0.3) is 5.91 Å². The number of hydrogen-bond acceptors (Lipinski definition) is 4. The molecule has 0 saturated carbocycles. The van der Waals surface area contributed by atoms with Gasteiger partial charge in [-0.15, -0.1) is 0 Å². The molecule has 3 heterocycles. The number of carbonyl (C=O) groups is 1. The largest absolute Gasteiger partial charge is 0.424 e. The van der Waals surface area contributed by atoms with E-state index >= 15 is 0 Å². The van der Waals surface area contributed by atoms with E-state index < -0.39 is 23.6 Å². The average Bonchev–Trinajstić information content (AvgIpc) is 3.08. The van der Waals surface area contributed by atoms with E-state index in [-0.39, 0.29) is 18.1 Å². The highest BCUT2D eigenvalue weighted by molar-refractivity contribution is 5.93. The lowest BCUT2D eigenvalue weighted by atomic mass is 10.0. The quantitative estimate of drug-likeness (QED) is 0.889. The molecule has 0 aromatic carbocycles. The zero-order valence-corrected chi connectivity index (χ0v) is 14.2. The second-order valence-electron chi connectivity index (χ2n) is 6.55. The zero-order valence-electron chi connectivity index (χ0n) is 14.2. The van der Waals surface area contributed by atoms with Crippen LogP contribution in [0.25, 0.3) is 11.4 Å². The van der Waals surface area contributed by atoms with Crippen molar-refractivity contribution in [3.8, 4) is 11.4 Å². The fourth-order valence-corrected chi connectivity index (χ4v) is 2.91. The standard InChI is InChI=1S/C15H18F3N5O2/c1-8-7-22-10(5-9(20-22)12(24)21(3)4)11-6-19-13(23(8)11)14(2,25)15(16,17)18/h5-6,8,25H,7H2,1-4H3/t8-,14?/m0/s1. The average molecular weight is 357 g/mol. The summed E-state index contributed by atoms with van der Waals surface area (Å²) < 4.78 is 42.6. The van der Waals surface area contributed by atoms with Gasteiger partial charge in [0.15, 0.2) is 11.5 Å². The first-order chi connectivity index (χ1) is 11.4. The Morgan fingerprint density at radius 2 is 2.00 bits per heavy atom. The summed E-state index contributed by atoms with van der Waals surface area (Å²) in [5, 5.41) is 14.2. The van der Waals surface area contributed by atoms with E-state index in [1.54, 1.807) is 25.7 Å². The van der Waals surface area contributed by atoms with Crippen LogP contribution in [-0.2, 0) is 12.1 Å². The number of fused-ring (bicyclic) bond motifs is 3. The first-order valence-electron chi connectivity index (χ1n) is 7.61. The third kappa shape index (κ3) is 2.51. The number of hydrogen-bond donors (Lipinski definition) is 1. The molecule has 2 atom stereocenters. The molecule has 1 N–H and O–H groups in total. The molecule has 1 aliphatic heterocycles. The van der Waals surface area contributed by atoms with E-state index in [1.165, 1.54) is 21.7 Å². The molecule has 0 fully saturated rings. The Morgan fingerprint density at radius 1 is 1.36 bits per heavy atom. The molecule has 2 aromatic rings. The Labute approximate surface area is 141 Å². The summed E-state index contributed by atoms with van der Waals surface area (Å²) in [4.78, 5) is 17.3. The Bertz CT molecular complexity index is 835. The van der Waals surface area contributed by atoms with Gasteiger partial charge < -0.3 is 14.6 Å². The molecule has 0 aliphatic carbocycles. The van der Waals surface area contributed by atoms with Crippen LogP contribution in [-0.4, -0.2) is 55.5 Å². The number of nitrogens with zero attached hydrogens (tertiary/aromatic N) is 5. The van der Waals surface area contributed by atoms with Gasteiger partial charge in [0, 0.05) is 14.1 Å². The van der Waals surface area contributed by atoms with Crippen molar-refractivity contribution in [2.75, 3.05) is 14.1 Å². The normalized spacial score (nSPS) is 19.1. The molecule has 0 saturated heterocycles. The highest BCUT2D eigenvalue weighted by Crippen LogP contribution is 2.42. The van der Waals surface area contributed by atoms with Crippen molar-refractivity contribution in [2.45, 2.75) is 38.2 Å². The van der Waals surface area contributed by atoms with Crippen molar-refractivity contribution < 1.29 is 23.1 Å². The number of aromatic nitrogens is 4. The topological polar surface area (TPSA) is 76.2 Å². The number of amides is 1. The van der Waals surface area contributed by atoms with Crippen molar-refractivity contribution in [3.05, 3.63) is 23.8 Å². The summed E-state index contributed by atoms with van der Waals surface area (Å²) >= 11 is 0. The van der Waals surface area contributed by atoms with E-state index in [0.717, 1.165) is 0 Å². The fraction of sp³-hybridized carbons (Fsp3) is 0.533. The molecule has 2 aromatic heterocycles. The molecule has 1 unspecified atom stereocenters. The Hall–Kier alpha value is -2.36. The van der Waals surface area contributed by atoms with Gasteiger partial charge in [0.1, 0.15) is 0 Å². The van der Waals surface area contributed by atoms with Crippen molar-refractivity contribution in [3.63, 3.8) is 0 Å². The Morgan fingerprint density at radius 3 is 2.56 bits per heavy atom. The number of rotatable bonds is 2. The molecule has 136 valence electrons. The minimum absolute atomic E-state index is 0.200. The molecule has 1 amide bonds. The van der Waals surface area contributed by atoms with Crippen LogP contribution in [0.3, 0.4) is 0 Å². The van der Waals surface area contributed by atoms with E-state index in [1.807, 2.05) is 0 Å². The molecular weight excluding hydrogens is 339 g/mol. The van der Waals surface area contributed by atoms with Crippen molar-refractivity contribution >= 4 is 5.91 Å². The number of alkyl halides is 3. The van der Waals surface area contributed by atoms with Gasteiger partial charge in [-0.1, -0.05) is 0 Å². The third-order valence-electron chi connectivity index (χ3n) is 4.33. The van der Waals surface area contributed by atoms with Crippen LogP contribution in [0.1, 0.15) is 36.2 Å². The maximum atomic E-state index is 13.2. The van der Waals surface area contributed by atoms with Crippen LogP contribution >= 0.6 is 0 Å². The first kappa shape index (κ1) is 17.5. The summed E-state index contributed by atoms with van der Waals surface area (Å²) in [6.45, 7) is 2.65. The lowest BCUT2D eigenvalue weighted by Crippen LogP contribution is -2.42. The molecule has 1 aliphatic rings. The van der Waals surface area contributed by atoms with Crippen molar-refractivity contribution in [2.24, 2.45) is 0 Å². The van der Waals surface area contributed by atoms with Gasteiger partial charge in [0.2, 0.25) is 5.60 Å². The lowest BCUT2D eigenvalue weighted by molar-refractivity contribution is -0.262. The molecule has 3 rings (SSSR count). The van der Waals surface area contributed by atoms with Gasteiger partial charge in [-0.2, -0.15) is 18.3 Å². The third-order valence-corrected chi connectivity index (χ3v) is 4.33. The van der Waals surface area contributed by atoms with Gasteiger partial charge >= 0.3 is 6.18 Å². The van der Waals surface area contributed by atoms with Gasteiger partial charge in [-0.05, 0) is 19.9 Å². The molecule has 0 spiro atoms. The molecule has 0 radical (unpaired) electrons. The second kappa shape index (κ2) is 5.32. The molecule has 7 nitrogen and oxygen atoms in total. The summed E-state index contributed by atoms with van der Waals surface area (Å²) in [7, 11) is 3.18. The molecular formula is C15H18F3N5O2. The van der Waals surface area contributed by atoms with Crippen LogP contribution in [0.4, 0.5) is 13.2 Å². The minimum Gasteiger partial charge on any atom is -0.374 e. The number of halogens is 3. The second-order valence-corrected chi connectivity index (χ2v) is 6.55. The summed E-state index contributed by atoms with van der Waals surface area (Å²) in [6, 6.07) is 1.10. The maximum Gasteiger partial charge on any atom is 0.424 e. The Kier molecular flexibility index (Phi) is 3.71. The van der Waals surface area contributed by atoms with Crippen LogP contribution in [0.5, 0.6) is 0 Å². The lowest BCUT2D eigenvalue weighted by Gasteiger charge is -2.31. The highest BCUT2D eigenvalue weighted by Gasteiger charge is 2.55. The number of imidazole rings is 1. The number of carbonyl (C=O) groups excluding carboxylic acids is 1. The summed E-state index contributed by atoms with van der Waals surface area (Å²) in [5.41, 5.74) is -2.01. The summed E-state index contributed by atoms with van der Waals surface area (Å²) in [5.74, 6) is -0.779. The molecule has 25 heavy (non-hydrogen) atoms. The smallest absolute Gasteiger partial charge is 0.374 e. The molecule has 0 bridgehead atoms. The number of aliphatic hydroxyl groups is 1. The van der Waals surface area contributed by atoms with Crippen molar-refractivity contribution in [1.29, 1.82) is 0 Å². The molecule has 10 heteroatoms. The first-order valence-corrected chi connectivity index (χ1v) is 7.61. The SMILES string of the molecule is C[C@H]1Cn2nc(C(=O)N(C)C)cc2-c2cnc(C(C)(O)C(F)(F)F)n21. The van der Waals surface area contributed by atoms with Gasteiger partial charge in [0.05, 0.1) is 30.2 Å². The summed E-state index contributed by atoms with van der Waals surface area (Å²) in [6.07, 6.45) is -3.60. The predicted octanol–water partition coefficient (Wildman–Crippen LogP) is 1.79. The van der Waals surface area contributed by atoms with E-state index in [2.05, 4.69) is 10.1 Å². The minimum atomic E-state index is -4.86. The fourth-order valence-electron chi connectivity index (χ4n) is 2.91. The van der Waals surface area contributed by atoms with Crippen molar-refractivity contribution in [1.82, 2.24) is 24.2 Å². The predicted molar refractivity (Wildman–Crippen MR) is 81.8 cm³/mol.